The molecule has 0 heterocycles. The molecule has 0 atom stereocenters. The molecule has 2 heteroatoms. The van der Waals surface area contributed by atoms with Crippen LogP contribution >= 0.6 is 0 Å². The Morgan fingerprint density at radius 2 is 1.36 bits per heavy atom. The van der Waals surface area contributed by atoms with Crippen LogP contribution in [0, 0.1) is 0 Å². The van der Waals surface area contributed by atoms with Crippen molar-refractivity contribution in [3.8, 4) is 0 Å². The molecule has 0 amide bonds. The summed E-state index contributed by atoms with van der Waals surface area (Å²) < 4.78 is 0.362. The SMILES string of the molecule is C[Se]C1(C2(O)CCCCC2)CCCC1. The van der Waals surface area contributed by atoms with E-state index in [-0.39, 0.29) is 5.60 Å². The van der Waals surface area contributed by atoms with Gasteiger partial charge in [-0.2, -0.15) is 0 Å². The van der Waals surface area contributed by atoms with E-state index in [1.54, 1.807) is 0 Å². The van der Waals surface area contributed by atoms with Crippen LogP contribution in [0.2, 0.25) is 10.1 Å². The first kappa shape index (κ1) is 11.0. The third kappa shape index (κ3) is 1.66. The molecular weight excluding hydrogens is 239 g/mol. The van der Waals surface area contributed by atoms with E-state index in [4.69, 9.17) is 0 Å². The molecule has 0 aromatic heterocycles. The predicted octanol–water partition coefficient (Wildman–Crippen LogP) is 3.17. The van der Waals surface area contributed by atoms with Gasteiger partial charge in [0.1, 0.15) is 0 Å². The molecule has 2 aliphatic carbocycles. The van der Waals surface area contributed by atoms with Gasteiger partial charge in [0.2, 0.25) is 0 Å². The van der Waals surface area contributed by atoms with Crippen LogP contribution in [-0.4, -0.2) is 25.7 Å². The van der Waals surface area contributed by atoms with Crippen molar-refractivity contribution in [2.75, 3.05) is 0 Å². The molecule has 1 nitrogen and oxygen atoms in total. The van der Waals surface area contributed by atoms with Gasteiger partial charge in [-0.1, -0.05) is 0 Å². The summed E-state index contributed by atoms with van der Waals surface area (Å²) >= 11 is 0.621. The zero-order valence-electron chi connectivity index (χ0n) is 9.22. The topological polar surface area (TPSA) is 20.2 Å². The van der Waals surface area contributed by atoms with E-state index >= 15 is 0 Å². The molecule has 2 saturated carbocycles. The number of rotatable bonds is 2. The van der Waals surface area contributed by atoms with Crippen molar-refractivity contribution < 1.29 is 5.11 Å². The van der Waals surface area contributed by atoms with Gasteiger partial charge in [-0.05, 0) is 0 Å². The molecule has 0 spiro atoms. The first-order chi connectivity index (χ1) is 6.72. The summed E-state index contributed by atoms with van der Waals surface area (Å²) in [7, 11) is 0. The maximum atomic E-state index is 10.8. The summed E-state index contributed by atoms with van der Waals surface area (Å²) in [6.07, 6.45) is 11.4. The Bertz CT molecular complexity index is 190. The van der Waals surface area contributed by atoms with Crippen LogP contribution in [-0.2, 0) is 0 Å². The standard InChI is InChI=1S/C12H22OSe/c1-14-12(9-5-6-10-12)11(13)7-3-2-4-8-11/h13H,2-10H2,1H3. The summed E-state index contributed by atoms with van der Waals surface area (Å²) in [6, 6.07) is 0. The molecule has 82 valence electrons. The molecule has 2 fully saturated rings. The molecule has 0 aromatic carbocycles. The van der Waals surface area contributed by atoms with E-state index in [1.807, 2.05) is 0 Å². The Morgan fingerprint density at radius 3 is 1.86 bits per heavy atom. The van der Waals surface area contributed by atoms with Crippen molar-refractivity contribution in [1.29, 1.82) is 0 Å². The zero-order valence-corrected chi connectivity index (χ0v) is 10.9. The Morgan fingerprint density at radius 1 is 0.857 bits per heavy atom. The van der Waals surface area contributed by atoms with E-state index < -0.39 is 0 Å². The van der Waals surface area contributed by atoms with Gasteiger partial charge in [0.25, 0.3) is 0 Å². The van der Waals surface area contributed by atoms with Crippen molar-refractivity contribution in [1.82, 2.24) is 0 Å². The number of hydrogen-bond donors (Lipinski definition) is 1. The Labute approximate surface area is 93.8 Å². The molecule has 0 bridgehead atoms. The Kier molecular flexibility index (Phi) is 3.26. The first-order valence-electron chi connectivity index (χ1n) is 6.00. The van der Waals surface area contributed by atoms with Crippen LogP contribution in [0.3, 0.4) is 0 Å². The normalized spacial score (nSPS) is 30.4. The Hall–Kier alpha value is 0.479. The fourth-order valence-corrected chi connectivity index (χ4v) is 6.09. The van der Waals surface area contributed by atoms with Crippen molar-refractivity contribution >= 4 is 15.0 Å². The van der Waals surface area contributed by atoms with Crippen LogP contribution in [0.25, 0.3) is 0 Å². The summed E-state index contributed by atoms with van der Waals surface area (Å²) in [5.41, 5.74) is -0.267. The second kappa shape index (κ2) is 4.15. The third-order valence-electron chi connectivity index (χ3n) is 4.33. The molecule has 1 N–H and O–H groups in total. The summed E-state index contributed by atoms with van der Waals surface area (Å²) in [5, 5.41) is 10.8. The molecule has 0 aliphatic heterocycles. The van der Waals surface area contributed by atoms with Crippen LogP contribution in [0.15, 0.2) is 0 Å². The van der Waals surface area contributed by atoms with E-state index in [2.05, 4.69) is 5.82 Å². The van der Waals surface area contributed by atoms with Gasteiger partial charge >= 0.3 is 93.6 Å². The van der Waals surface area contributed by atoms with Gasteiger partial charge in [0, 0.05) is 0 Å². The van der Waals surface area contributed by atoms with Gasteiger partial charge in [-0.25, -0.2) is 0 Å². The van der Waals surface area contributed by atoms with E-state index in [0.717, 1.165) is 12.8 Å². The summed E-state index contributed by atoms with van der Waals surface area (Å²) in [6.45, 7) is 0. The van der Waals surface area contributed by atoms with Gasteiger partial charge in [-0.3, -0.25) is 0 Å². The molecule has 14 heavy (non-hydrogen) atoms. The van der Waals surface area contributed by atoms with E-state index in [1.165, 1.54) is 44.9 Å². The number of aliphatic hydroxyl groups is 1. The van der Waals surface area contributed by atoms with Crippen LogP contribution in [0.5, 0.6) is 0 Å². The quantitative estimate of drug-likeness (QED) is 0.757. The molecular formula is C12H22OSe. The second-order valence-electron chi connectivity index (χ2n) is 5.00. The van der Waals surface area contributed by atoms with Crippen molar-refractivity contribution in [2.45, 2.75) is 73.5 Å². The Balaban J connectivity index is 2.15. The fraction of sp³-hybridized carbons (Fsp3) is 1.00. The van der Waals surface area contributed by atoms with Gasteiger partial charge in [-0.15, -0.1) is 0 Å². The monoisotopic (exact) mass is 262 g/mol. The predicted molar refractivity (Wildman–Crippen MR) is 60.8 cm³/mol. The molecule has 0 radical (unpaired) electrons. The molecule has 0 saturated heterocycles. The van der Waals surface area contributed by atoms with Gasteiger partial charge in [0.05, 0.1) is 0 Å². The molecule has 2 aliphatic rings. The molecule has 0 aromatic rings. The first-order valence-corrected chi connectivity index (χ1v) is 8.57. The van der Waals surface area contributed by atoms with Crippen molar-refractivity contribution in [3.05, 3.63) is 0 Å². The van der Waals surface area contributed by atoms with Crippen LogP contribution in [0.4, 0.5) is 0 Å². The van der Waals surface area contributed by atoms with Crippen LogP contribution < -0.4 is 0 Å². The third-order valence-corrected chi connectivity index (χ3v) is 7.62. The maximum absolute atomic E-state index is 10.8. The van der Waals surface area contributed by atoms with E-state index in [9.17, 15) is 5.11 Å². The minimum absolute atomic E-state index is 0.267. The fourth-order valence-electron chi connectivity index (χ4n) is 3.40. The van der Waals surface area contributed by atoms with Crippen molar-refractivity contribution in [3.63, 3.8) is 0 Å². The summed E-state index contributed by atoms with van der Waals surface area (Å²) in [5.74, 6) is 2.34. The molecule has 0 unspecified atom stereocenters. The minimum atomic E-state index is -0.267. The van der Waals surface area contributed by atoms with Gasteiger partial charge < -0.3 is 0 Å². The van der Waals surface area contributed by atoms with Gasteiger partial charge in [0.15, 0.2) is 0 Å². The average molecular weight is 261 g/mol. The van der Waals surface area contributed by atoms with Crippen molar-refractivity contribution in [2.24, 2.45) is 0 Å². The van der Waals surface area contributed by atoms with E-state index in [0.29, 0.717) is 19.3 Å². The zero-order chi connectivity index (χ0) is 10.1. The average Bonchev–Trinajstić information content (AvgIpc) is 2.68. The summed E-state index contributed by atoms with van der Waals surface area (Å²) in [4.78, 5) is 0. The second-order valence-corrected chi connectivity index (χ2v) is 7.49. The number of hydrogen-bond acceptors (Lipinski definition) is 1. The molecule has 2 rings (SSSR count). The van der Waals surface area contributed by atoms with Crippen LogP contribution in [0.1, 0.15) is 57.8 Å².